The van der Waals surface area contributed by atoms with Crippen molar-refractivity contribution in [3.63, 3.8) is 0 Å². The van der Waals surface area contributed by atoms with Crippen molar-refractivity contribution in [2.75, 3.05) is 13.7 Å². The van der Waals surface area contributed by atoms with E-state index in [1.165, 1.54) is 0 Å². The van der Waals surface area contributed by atoms with Crippen LogP contribution in [0.15, 0.2) is 34.9 Å². The molecule has 0 aromatic carbocycles. The third-order valence-electron chi connectivity index (χ3n) is 4.35. The van der Waals surface area contributed by atoms with Crippen LogP contribution < -0.4 is 5.32 Å². The SMILES string of the molecule is COC(=O)C1=C(C(F)F)NC2=C(C(=O)OC2)[C@@H]1c1cncc(F)c1[C@@H](C)F. The van der Waals surface area contributed by atoms with E-state index in [0.29, 0.717) is 0 Å². The van der Waals surface area contributed by atoms with Gasteiger partial charge in [0, 0.05) is 11.8 Å². The molecule has 1 N–H and O–H groups in total. The molecule has 3 rings (SSSR count). The number of nitrogens with one attached hydrogen (secondary N) is 1. The van der Waals surface area contributed by atoms with Crippen molar-refractivity contribution in [1.82, 2.24) is 10.3 Å². The second kappa shape index (κ2) is 7.01. The van der Waals surface area contributed by atoms with Gasteiger partial charge in [0.15, 0.2) is 0 Å². The summed E-state index contributed by atoms with van der Waals surface area (Å²) in [5.41, 5.74) is -2.34. The molecular formula is C17H14F4N2O4. The lowest BCUT2D eigenvalue weighted by molar-refractivity contribution is -0.136. The fourth-order valence-electron chi connectivity index (χ4n) is 3.27. The minimum atomic E-state index is -3.14. The minimum absolute atomic E-state index is 0.00493. The first-order valence-electron chi connectivity index (χ1n) is 7.83. The highest BCUT2D eigenvalue weighted by molar-refractivity contribution is 6.01. The number of alkyl halides is 3. The van der Waals surface area contributed by atoms with Crippen LogP contribution >= 0.6 is 0 Å². The highest BCUT2D eigenvalue weighted by Crippen LogP contribution is 2.45. The standard InChI is InChI=1S/C17H14F4N2O4/c1-6(18)10-7(3-22-4-8(10)19)11-12-9(5-27-17(12)25)23-14(15(20)21)13(11)16(24)26-2/h3-4,6,11,15,23H,5H2,1-2H3/t6-,11+/m1/s1. The minimum Gasteiger partial charge on any atom is -0.466 e. The van der Waals surface area contributed by atoms with Crippen LogP contribution in [-0.4, -0.2) is 37.1 Å². The summed E-state index contributed by atoms with van der Waals surface area (Å²) >= 11 is 0. The molecule has 0 bridgehead atoms. The van der Waals surface area contributed by atoms with Crippen LogP contribution in [0.4, 0.5) is 17.6 Å². The Morgan fingerprint density at radius 1 is 1.37 bits per heavy atom. The Bertz CT molecular complexity index is 880. The van der Waals surface area contributed by atoms with Crippen molar-refractivity contribution in [3.05, 3.63) is 51.9 Å². The lowest BCUT2D eigenvalue weighted by atomic mass is 9.79. The van der Waals surface area contributed by atoms with Gasteiger partial charge in [-0.25, -0.2) is 27.2 Å². The van der Waals surface area contributed by atoms with E-state index >= 15 is 0 Å². The van der Waals surface area contributed by atoms with Crippen LogP contribution in [0.5, 0.6) is 0 Å². The topological polar surface area (TPSA) is 77.5 Å². The van der Waals surface area contributed by atoms with Gasteiger partial charge in [-0.15, -0.1) is 0 Å². The van der Waals surface area contributed by atoms with Gasteiger partial charge in [0.05, 0.1) is 41.8 Å². The largest absolute Gasteiger partial charge is 0.466 e. The van der Waals surface area contributed by atoms with Crippen molar-refractivity contribution >= 4 is 11.9 Å². The zero-order chi connectivity index (χ0) is 19.9. The number of dihydropyridines is 1. The summed E-state index contributed by atoms with van der Waals surface area (Å²) in [5.74, 6) is -4.60. The molecule has 27 heavy (non-hydrogen) atoms. The number of halogens is 4. The molecule has 0 radical (unpaired) electrons. The Hall–Kier alpha value is -2.91. The Morgan fingerprint density at radius 3 is 2.67 bits per heavy atom. The average Bonchev–Trinajstić information content (AvgIpc) is 2.99. The molecule has 1 aromatic rings. The number of hydrogen-bond acceptors (Lipinski definition) is 6. The summed E-state index contributed by atoms with van der Waals surface area (Å²) < 4.78 is 65.0. The number of ether oxygens (including phenoxy) is 2. The van der Waals surface area contributed by atoms with E-state index in [2.05, 4.69) is 15.0 Å². The van der Waals surface area contributed by atoms with Gasteiger partial charge in [-0.2, -0.15) is 0 Å². The van der Waals surface area contributed by atoms with E-state index < -0.39 is 53.1 Å². The summed E-state index contributed by atoms with van der Waals surface area (Å²) in [5, 5.41) is 2.33. The molecule has 144 valence electrons. The summed E-state index contributed by atoms with van der Waals surface area (Å²) in [6.45, 7) is 0.708. The van der Waals surface area contributed by atoms with Crippen molar-refractivity contribution in [3.8, 4) is 0 Å². The van der Waals surface area contributed by atoms with Gasteiger partial charge >= 0.3 is 11.9 Å². The number of methoxy groups -OCH3 is 1. The van der Waals surface area contributed by atoms with Crippen molar-refractivity contribution in [2.24, 2.45) is 0 Å². The molecule has 10 heteroatoms. The number of aromatic nitrogens is 1. The Labute approximate surface area is 150 Å². The van der Waals surface area contributed by atoms with Gasteiger partial charge in [0.25, 0.3) is 6.43 Å². The zero-order valence-electron chi connectivity index (χ0n) is 14.2. The molecule has 0 fully saturated rings. The third kappa shape index (κ3) is 3.04. The van der Waals surface area contributed by atoms with Crippen LogP contribution in [-0.2, 0) is 19.1 Å². The molecule has 6 nitrogen and oxygen atoms in total. The maximum atomic E-state index is 14.2. The zero-order valence-corrected chi connectivity index (χ0v) is 14.2. The highest BCUT2D eigenvalue weighted by Gasteiger charge is 2.45. The molecule has 0 saturated heterocycles. The van der Waals surface area contributed by atoms with Gasteiger partial charge in [0.1, 0.15) is 18.6 Å². The van der Waals surface area contributed by atoms with Crippen LogP contribution in [0, 0.1) is 5.82 Å². The maximum absolute atomic E-state index is 14.2. The van der Waals surface area contributed by atoms with E-state index in [1.807, 2.05) is 0 Å². The Kier molecular flexibility index (Phi) is 4.90. The second-order valence-electron chi connectivity index (χ2n) is 5.89. The molecule has 2 aliphatic rings. The van der Waals surface area contributed by atoms with Gasteiger partial charge in [0.2, 0.25) is 0 Å². The van der Waals surface area contributed by atoms with Gasteiger partial charge < -0.3 is 14.8 Å². The molecule has 0 saturated carbocycles. The fraction of sp³-hybridized carbons (Fsp3) is 0.353. The van der Waals surface area contributed by atoms with Crippen LogP contribution in [0.25, 0.3) is 0 Å². The Balaban J connectivity index is 2.34. The van der Waals surface area contributed by atoms with E-state index in [4.69, 9.17) is 4.74 Å². The maximum Gasteiger partial charge on any atom is 0.337 e. The first kappa shape index (κ1) is 18.9. The Morgan fingerprint density at radius 2 is 2.07 bits per heavy atom. The van der Waals surface area contributed by atoms with E-state index in [1.54, 1.807) is 0 Å². The summed E-state index contributed by atoms with van der Waals surface area (Å²) in [6.07, 6.45) is -3.20. The molecule has 0 spiro atoms. The average molecular weight is 386 g/mol. The van der Waals surface area contributed by atoms with Gasteiger partial charge in [-0.05, 0) is 12.5 Å². The van der Waals surface area contributed by atoms with Crippen molar-refractivity contribution < 1.29 is 36.6 Å². The number of carbonyl (C=O) groups excluding carboxylic acids is 2. The predicted molar refractivity (Wildman–Crippen MR) is 82.6 cm³/mol. The lowest BCUT2D eigenvalue weighted by Gasteiger charge is -2.29. The number of esters is 2. The van der Waals surface area contributed by atoms with E-state index in [9.17, 15) is 27.2 Å². The summed E-state index contributed by atoms with van der Waals surface area (Å²) in [7, 11) is 0.967. The number of pyridine rings is 1. The third-order valence-corrected chi connectivity index (χ3v) is 4.35. The lowest BCUT2D eigenvalue weighted by Crippen LogP contribution is -2.34. The highest BCUT2D eigenvalue weighted by atomic mass is 19.3. The molecule has 1 aromatic heterocycles. The number of nitrogens with zero attached hydrogens (tertiary/aromatic N) is 1. The van der Waals surface area contributed by atoms with E-state index in [-0.39, 0.29) is 23.4 Å². The molecule has 2 atom stereocenters. The monoisotopic (exact) mass is 386 g/mol. The van der Waals surface area contributed by atoms with Gasteiger partial charge in [-0.3, -0.25) is 4.98 Å². The fourth-order valence-corrected chi connectivity index (χ4v) is 3.27. The molecule has 2 aliphatic heterocycles. The van der Waals surface area contributed by atoms with Crippen molar-refractivity contribution in [1.29, 1.82) is 0 Å². The molecule has 0 aliphatic carbocycles. The number of cyclic esters (lactones) is 1. The van der Waals surface area contributed by atoms with Crippen LogP contribution in [0.1, 0.15) is 30.1 Å². The first-order chi connectivity index (χ1) is 12.8. The van der Waals surface area contributed by atoms with E-state index in [0.717, 1.165) is 26.4 Å². The first-order valence-corrected chi connectivity index (χ1v) is 7.83. The van der Waals surface area contributed by atoms with Crippen LogP contribution in [0.2, 0.25) is 0 Å². The van der Waals surface area contributed by atoms with Crippen molar-refractivity contribution in [2.45, 2.75) is 25.4 Å². The van der Waals surface area contributed by atoms with Gasteiger partial charge in [-0.1, -0.05) is 0 Å². The molecule has 0 unspecified atom stereocenters. The normalized spacial score (nSPS) is 20.4. The number of hydrogen-bond donors (Lipinski definition) is 1. The summed E-state index contributed by atoms with van der Waals surface area (Å²) in [4.78, 5) is 28.1. The van der Waals surface area contributed by atoms with Crippen LogP contribution in [0.3, 0.4) is 0 Å². The quantitative estimate of drug-likeness (QED) is 0.633. The summed E-state index contributed by atoms with van der Waals surface area (Å²) in [6, 6.07) is 0. The molecular weight excluding hydrogens is 372 g/mol. The predicted octanol–water partition coefficient (Wildman–Crippen LogP) is 2.44. The number of carbonyl (C=O) groups is 2. The molecule has 0 amide bonds. The second-order valence-corrected chi connectivity index (χ2v) is 5.89. The molecule has 3 heterocycles. The smallest absolute Gasteiger partial charge is 0.337 e. The number of allylic oxidation sites excluding steroid dienone is 1. The number of rotatable bonds is 4.